The first kappa shape index (κ1) is 11.6. The normalized spacial score (nSPS) is 10.9. The van der Waals surface area contributed by atoms with Crippen molar-refractivity contribution >= 4 is 11.6 Å². The monoisotopic (exact) mass is 206 g/mol. The predicted molar refractivity (Wildman–Crippen MR) is 62.4 cm³/mol. The Morgan fingerprint density at radius 3 is 2.33 bits per heavy atom. The van der Waals surface area contributed by atoms with E-state index in [0.29, 0.717) is 0 Å². The van der Waals surface area contributed by atoms with Crippen LogP contribution in [0, 0.1) is 12.3 Å². The molecule has 2 N–H and O–H groups in total. The second-order valence-corrected chi connectivity index (χ2v) is 4.64. The summed E-state index contributed by atoms with van der Waals surface area (Å²) in [5.74, 6) is -0.0225. The molecule has 0 fully saturated rings. The van der Waals surface area contributed by atoms with Crippen molar-refractivity contribution in [2.75, 3.05) is 5.43 Å². The maximum Gasteiger partial charge on any atom is 0.243 e. The Bertz CT molecular complexity index is 353. The first-order valence-corrected chi connectivity index (χ1v) is 5.03. The fraction of sp³-hybridized carbons (Fsp3) is 0.417. The molecule has 1 amide bonds. The first-order chi connectivity index (χ1) is 6.91. The van der Waals surface area contributed by atoms with Gasteiger partial charge in [-0.15, -0.1) is 0 Å². The van der Waals surface area contributed by atoms with Crippen LogP contribution in [0.2, 0.25) is 0 Å². The number of carbonyl (C=O) groups is 1. The molecule has 1 aromatic carbocycles. The van der Waals surface area contributed by atoms with Crippen LogP contribution in [0.1, 0.15) is 26.3 Å². The number of benzene rings is 1. The lowest BCUT2D eigenvalue weighted by Gasteiger charge is -2.19. The van der Waals surface area contributed by atoms with Crippen LogP contribution in [-0.4, -0.2) is 5.91 Å². The van der Waals surface area contributed by atoms with Gasteiger partial charge >= 0.3 is 0 Å². The van der Waals surface area contributed by atoms with E-state index >= 15 is 0 Å². The maximum atomic E-state index is 11.6. The Morgan fingerprint density at radius 2 is 1.80 bits per heavy atom. The molecule has 1 rings (SSSR count). The minimum absolute atomic E-state index is 0.0225. The van der Waals surface area contributed by atoms with Crippen molar-refractivity contribution in [2.45, 2.75) is 27.7 Å². The van der Waals surface area contributed by atoms with E-state index in [9.17, 15) is 4.79 Å². The Hall–Kier alpha value is -1.51. The highest BCUT2D eigenvalue weighted by Gasteiger charge is 2.20. The summed E-state index contributed by atoms with van der Waals surface area (Å²) in [6, 6.07) is 7.81. The number of amides is 1. The second kappa shape index (κ2) is 4.34. The van der Waals surface area contributed by atoms with Gasteiger partial charge in [-0.1, -0.05) is 39.0 Å². The largest absolute Gasteiger partial charge is 0.298 e. The minimum atomic E-state index is -0.379. The molecule has 0 aliphatic carbocycles. The summed E-state index contributed by atoms with van der Waals surface area (Å²) in [6.07, 6.45) is 0. The van der Waals surface area contributed by atoms with Crippen LogP contribution in [-0.2, 0) is 4.79 Å². The molecule has 0 bridgehead atoms. The third-order valence-electron chi connectivity index (χ3n) is 2.14. The molecule has 0 heterocycles. The molecule has 15 heavy (non-hydrogen) atoms. The number of nitrogens with one attached hydrogen (secondary N) is 2. The summed E-state index contributed by atoms with van der Waals surface area (Å²) >= 11 is 0. The van der Waals surface area contributed by atoms with E-state index in [1.54, 1.807) is 0 Å². The van der Waals surface area contributed by atoms with Crippen LogP contribution in [0.3, 0.4) is 0 Å². The number of hydrogen-bond donors (Lipinski definition) is 2. The molecule has 0 atom stereocenters. The molecule has 0 aliphatic rings. The number of hydrogen-bond acceptors (Lipinski definition) is 2. The van der Waals surface area contributed by atoms with E-state index in [-0.39, 0.29) is 11.3 Å². The van der Waals surface area contributed by atoms with Crippen molar-refractivity contribution in [2.24, 2.45) is 5.41 Å². The van der Waals surface area contributed by atoms with Gasteiger partial charge in [0.2, 0.25) is 5.91 Å². The van der Waals surface area contributed by atoms with Crippen molar-refractivity contribution in [1.82, 2.24) is 5.43 Å². The Labute approximate surface area is 90.9 Å². The van der Waals surface area contributed by atoms with Crippen LogP contribution < -0.4 is 10.9 Å². The highest BCUT2D eigenvalue weighted by molar-refractivity contribution is 5.82. The van der Waals surface area contributed by atoms with Crippen LogP contribution in [0.4, 0.5) is 5.69 Å². The van der Waals surface area contributed by atoms with Gasteiger partial charge in [-0.25, -0.2) is 0 Å². The van der Waals surface area contributed by atoms with Gasteiger partial charge in [-0.3, -0.25) is 15.6 Å². The van der Waals surface area contributed by atoms with Crippen molar-refractivity contribution in [3.63, 3.8) is 0 Å². The van der Waals surface area contributed by atoms with Gasteiger partial charge in [-0.2, -0.15) is 0 Å². The SMILES string of the molecule is Cc1ccccc1NNC(=O)C(C)(C)C. The number of anilines is 1. The summed E-state index contributed by atoms with van der Waals surface area (Å²) in [6.45, 7) is 7.62. The number of aryl methyl sites for hydroxylation is 1. The summed E-state index contributed by atoms with van der Waals surface area (Å²) < 4.78 is 0. The molecule has 0 aromatic heterocycles. The van der Waals surface area contributed by atoms with E-state index in [2.05, 4.69) is 10.9 Å². The van der Waals surface area contributed by atoms with E-state index in [1.807, 2.05) is 52.0 Å². The molecule has 82 valence electrons. The predicted octanol–water partition coefficient (Wildman–Crippen LogP) is 2.48. The third-order valence-corrected chi connectivity index (χ3v) is 2.14. The highest BCUT2D eigenvalue weighted by Crippen LogP contribution is 2.14. The molecule has 0 radical (unpaired) electrons. The van der Waals surface area contributed by atoms with Gasteiger partial charge in [0.15, 0.2) is 0 Å². The molecular formula is C12H18N2O. The summed E-state index contributed by atoms with van der Waals surface area (Å²) in [5, 5.41) is 0. The van der Waals surface area contributed by atoms with Crippen LogP contribution >= 0.6 is 0 Å². The smallest absolute Gasteiger partial charge is 0.243 e. The zero-order valence-corrected chi connectivity index (χ0v) is 9.72. The number of hydrazine groups is 1. The highest BCUT2D eigenvalue weighted by atomic mass is 16.2. The lowest BCUT2D eigenvalue weighted by Crippen LogP contribution is -2.38. The fourth-order valence-electron chi connectivity index (χ4n) is 1.02. The van der Waals surface area contributed by atoms with E-state index in [4.69, 9.17) is 0 Å². The molecule has 0 unspecified atom stereocenters. The number of carbonyl (C=O) groups excluding carboxylic acids is 1. The Morgan fingerprint density at radius 1 is 1.20 bits per heavy atom. The molecule has 0 saturated carbocycles. The summed E-state index contributed by atoms with van der Waals surface area (Å²) in [4.78, 5) is 11.6. The Kier molecular flexibility index (Phi) is 3.35. The van der Waals surface area contributed by atoms with Crippen molar-refractivity contribution in [1.29, 1.82) is 0 Å². The summed E-state index contributed by atoms with van der Waals surface area (Å²) in [7, 11) is 0. The number of rotatable bonds is 2. The average molecular weight is 206 g/mol. The lowest BCUT2D eigenvalue weighted by atomic mass is 9.96. The topological polar surface area (TPSA) is 41.1 Å². The minimum Gasteiger partial charge on any atom is -0.298 e. The zero-order chi connectivity index (χ0) is 11.5. The molecule has 3 nitrogen and oxygen atoms in total. The lowest BCUT2D eigenvalue weighted by molar-refractivity contribution is -0.127. The van der Waals surface area contributed by atoms with Crippen LogP contribution in [0.15, 0.2) is 24.3 Å². The quantitative estimate of drug-likeness (QED) is 0.730. The van der Waals surface area contributed by atoms with Gasteiger partial charge in [0.25, 0.3) is 0 Å². The molecule has 0 aliphatic heterocycles. The van der Waals surface area contributed by atoms with Gasteiger partial charge in [0.05, 0.1) is 5.69 Å². The molecule has 1 aromatic rings. The third kappa shape index (κ3) is 3.27. The molecular weight excluding hydrogens is 188 g/mol. The van der Waals surface area contributed by atoms with E-state index in [1.165, 1.54) is 0 Å². The average Bonchev–Trinajstić information content (AvgIpc) is 2.14. The standard InChI is InChI=1S/C12H18N2O/c1-9-7-5-6-8-10(9)13-14-11(15)12(2,3)4/h5-8,13H,1-4H3,(H,14,15). The van der Waals surface area contributed by atoms with Crippen molar-refractivity contribution < 1.29 is 4.79 Å². The maximum absolute atomic E-state index is 11.6. The molecule has 3 heteroatoms. The molecule has 0 saturated heterocycles. The van der Waals surface area contributed by atoms with Gasteiger partial charge in [0.1, 0.15) is 0 Å². The van der Waals surface area contributed by atoms with Crippen molar-refractivity contribution in [3.8, 4) is 0 Å². The van der Waals surface area contributed by atoms with Crippen molar-refractivity contribution in [3.05, 3.63) is 29.8 Å². The van der Waals surface area contributed by atoms with Gasteiger partial charge in [-0.05, 0) is 18.6 Å². The van der Waals surface area contributed by atoms with E-state index < -0.39 is 0 Å². The molecule has 0 spiro atoms. The summed E-state index contributed by atoms with van der Waals surface area (Å²) in [5.41, 5.74) is 7.26. The van der Waals surface area contributed by atoms with Gasteiger partial charge in [0, 0.05) is 5.41 Å². The fourth-order valence-corrected chi connectivity index (χ4v) is 1.02. The first-order valence-electron chi connectivity index (χ1n) is 5.03. The zero-order valence-electron chi connectivity index (χ0n) is 9.72. The van der Waals surface area contributed by atoms with E-state index in [0.717, 1.165) is 11.3 Å². The number of para-hydroxylation sites is 1. The van der Waals surface area contributed by atoms with Crippen LogP contribution in [0.25, 0.3) is 0 Å². The van der Waals surface area contributed by atoms with Gasteiger partial charge < -0.3 is 0 Å². The second-order valence-electron chi connectivity index (χ2n) is 4.64. The van der Waals surface area contributed by atoms with Crippen LogP contribution in [0.5, 0.6) is 0 Å². The Balaban J connectivity index is 2.59.